The standard InChI is InChI=1S/C17H20FN3O6S/c1-9(2)4-5-27-13-6-10-11(20(3)17(13)24)7-12(22)16(15(10)18)21-8-14(23)19-28(21,25)26/h6-7,9,22H,4-5,8H2,1-3H3,(H,19,23). The summed E-state index contributed by atoms with van der Waals surface area (Å²) in [6.07, 6.45) is 0.685. The zero-order valence-electron chi connectivity index (χ0n) is 15.5. The summed E-state index contributed by atoms with van der Waals surface area (Å²) < 4.78 is 48.1. The molecule has 0 spiro atoms. The third-order valence-corrected chi connectivity index (χ3v) is 5.79. The summed E-state index contributed by atoms with van der Waals surface area (Å²) in [4.78, 5) is 23.9. The smallest absolute Gasteiger partial charge is 0.326 e. The molecule has 28 heavy (non-hydrogen) atoms. The van der Waals surface area contributed by atoms with E-state index in [4.69, 9.17) is 4.74 Å². The van der Waals surface area contributed by atoms with Gasteiger partial charge in [0.2, 0.25) is 0 Å². The molecule has 152 valence electrons. The second kappa shape index (κ2) is 6.97. The highest BCUT2D eigenvalue weighted by molar-refractivity contribution is 7.92. The number of benzene rings is 1. The first-order valence-electron chi connectivity index (χ1n) is 8.54. The van der Waals surface area contributed by atoms with E-state index in [0.29, 0.717) is 16.6 Å². The van der Waals surface area contributed by atoms with Gasteiger partial charge in [-0.25, -0.2) is 13.4 Å². The van der Waals surface area contributed by atoms with Gasteiger partial charge >= 0.3 is 10.2 Å². The molecule has 0 saturated carbocycles. The van der Waals surface area contributed by atoms with Crippen molar-refractivity contribution < 1.29 is 27.4 Å². The number of anilines is 1. The topological polar surface area (TPSA) is 118 Å². The molecule has 2 N–H and O–H groups in total. The maximum atomic E-state index is 15.2. The molecule has 0 radical (unpaired) electrons. The molecule has 1 amide bonds. The zero-order chi connectivity index (χ0) is 20.8. The number of phenols is 1. The number of carbonyl (C=O) groups excluding carboxylic acids is 1. The van der Waals surface area contributed by atoms with Gasteiger partial charge in [-0.2, -0.15) is 8.42 Å². The van der Waals surface area contributed by atoms with Gasteiger partial charge in [0.15, 0.2) is 11.6 Å². The van der Waals surface area contributed by atoms with Crippen LogP contribution >= 0.6 is 0 Å². The van der Waals surface area contributed by atoms with Gasteiger partial charge in [0, 0.05) is 18.5 Å². The minimum Gasteiger partial charge on any atom is -0.506 e. The molecule has 0 aliphatic carbocycles. The molecular weight excluding hydrogens is 393 g/mol. The molecule has 0 unspecified atom stereocenters. The quantitative estimate of drug-likeness (QED) is 0.755. The van der Waals surface area contributed by atoms with E-state index in [0.717, 1.165) is 10.6 Å². The Bertz CT molecular complexity index is 1130. The van der Waals surface area contributed by atoms with Crippen LogP contribution < -0.4 is 19.3 Å². The molecule has 0 atom stereocenters. The number of aromatic hydroxyl groups is 1. The monoisotopic (exact) mass is 413 g/mol. The first-order valence-corrected chi connectivity index (χ1v) is 9.98. The van der Waals surface area contributed by atoms with Crippen LogP contribution in [0, 0.1) is 11.7 Å². The highest BCUT2D eigenvalue weighted by atomic mass is 32.2. The molecule has 9 nitrogen and oxygen atoms in total. The van der Waals surface area contributed by atoms with Crippen molar-refractivity contribution in [1.29, 1.82) is 0 Å². The first-order chi connectivity index (χ1) is 13.0. The molecule has 3 rings (SSSR count). The summed E-state index contributed by atoms with van der Waals surface area (Å²) in [5.74, 6) is -2.40. The molecule has 1 aromatic carbocycles. The molecular formula is C17H20FN3O6S. The fourth-order valence-corrected chi connectivity index (χ4v) is 4.07. The Balaban J connectivity index is 2.17. The Kier molecular flexibility index (Phi) is 4.96. The number of nitrogens with zero attached hydrogens (tertiary/aromatic N) is 2. The SMILES string of the molecule is CC(C)CCOc1cc2c(F)c(N3CC(=O)NS3(=O)=O)c(O)cc2n(C)c1=O. The molecule has 2 aromatic rings. The number of pyridine rings is 1. The number of aryl methyl sites for hydroxylation is 1. The number of carbonyl (C=O) groups is 1. The van der Waals surface area contributed by atoms with Crippen molar-refractivity contribution >= 4 is 32.7 Å². The Morgan fingerprint density at radius 1 is 1.32 bits per heavy atom. The van der Waals surface area contributed by atoms with Crippen molar-refractivity contribution in [2.45, 2.75) is 20.3 Å². The summed E-state index contributed by atoms with van der Waals surface area (Å²) in [6, 6.07) is 2.25. The number of amides is 1. The van der Waals surface area contributed by atoms with Gasteiger partial charge in [-0.3, -0.25) is 9.59 Å². The molecule has 1 aromatic heterocycles. The second-order valence-corrected chi connectivity index (χ2v) is 8.53. The summed E-state index contributed by atoms with van der Waals surface area (Å²) in [6.45, 7) is 3.57. The van der Waals surface area contributed by atoms with Crippen molar-refractivity contribution in [3.8, 4) is 11.5 Å². The highest BCUT2D eigenvalue weighted by Crippen LogP contribution is 2.38. The number of fused-ring (bicyclic) bond motifs is 1. The van der Waals surface area contributed by atoms with Crippen LogP contribution in [0.1, 0.15) is 20.3 Å². The Morgan fingerprint density at radius 3 is 2.57 bits per heavy atom. The number of phenolic OH excluding ortho intramolecular Hbond substituents is 1. The van der Waals surface area contributed by atoms with Gasteiger partial charge in [-0.05, 0) is 18.4 Å². The van der Waals surface area contributed by atoms with E-state index in [1.54, 1.807) is 4.72 Å². The van der Waals surface area contributed by atoms with Crippen molar-refractivity contribution in [1.82, 2.24) is 9.29 Å². The molecule has 1 aliphatic rings. The van der Waals surface area contributed by atoms with E-state index in [-0.39, 0.29) is 23.3 Å². The average molecular weight is 413 g/mol. The van der Waals surface area contributed by atoms with Crippen LogP contribution in [0.15, 0.2) is 16.9 Å². The van der Waals surface area contributed by atoms with E-state index in [1.807, 2.05) is 13.8 Å². The summed E-state index contributed by atoms with van der Waals surface area (Å²) in [5, 5.41) is 10.1. The number of halogens is 1. The highest BCUT2D eigenvalue weighted by Gasteiger charge is 2.38. The Morgan fingerprint density at radius 2 is 2.00 bits per heavy atom. The number of hydrogen-bond donors (Lipinski definition) is 2. The fraction of sp³-hybridized carbons (Fsp3) is 0.412. The van der Waals surface area contributed by atoms with Crippen LogP contribution in [0.3, 0.4) is 0 Å². The zero-order valence-corrected chi connectivity index (χ0v) is 16.3. The summed E-state index contributed by atoms with van der Waals surface area (Å²) >= 11 is 0. The van der Waals surface area contributed by atoms with Crippen LogP contribution in [-0.4, -0.2) is 37.2 Å². The van der Waals surface area contributed by atoms with E-state index in [1.165, 1.54) is 13.1 Å². The molecule has 1 saturated heterocycles. The molecule has 11 heteroatoms. The lowest BCUT2D eigenvalue weighted by Gasteiger charge is -2.19. The Labute approximate surface area is 160 Å². The number of hydrogen-bond acceptors (Lipinski definition) is 6. The van der Waals surface area contributed by atoms with Crippen LogP contribution in [0.4, 0.5) is 10.1 Å². The fourth-order valence-electron chi connectivity index (χ4n) is 2.90. The maximum Gasteiger partial charge on any atom is 0.326 e. The molecule has 1 aliphatic heterocycles. The molecule has 2 heterocycles. The van der Waals surface area contributed by atoms with Crippen molar-refractivity contribution in [2.75, 3.05) is 17.5 Å². The predicted molar refractivity (Wildman–Crippen MR) is 100 cm³/mol. The van der Waals surface area contributed by atoms with Crippen LogP contribution in [0.25, 0.3) is 10.9 Å². The number of nitrogens with one attached hydrogen (secondary N) is 1. The largest absolute Gasteiger partial charge is 0.506 e. The van der Waals surface area contributed by atoms with Crippen LogP contribution in [-0.2, 0) is 22.1 Å². The number of aromatic nitrogens is 1. The van der Waals surface area contributed by atoms with Crippen LogP contribution in [0.5, 0.6) is 11.5 Å². The van der Waals surface area contributed by atoms with Gasteiger partial charge in [0.1, 0.15) is 18.0 Å². The normalized spacial score (nSPS) is 16.0. The Hall–Kier alpha value is -2.82. The second-order valence-electron chi connectivity index (χ2n) is 6.93. The summed E-state index contributed by atoms with van der Waals surface area (Å²) in [7, 11) is -2.94. The van der Waals surface area contributed by atoms with Crippen LogP contribution in [0.2, 0.25) is 0 Å². The summed E-state index contributed by atoms with van der Waals surface area (Å²) in [5.41, 5.74) is -1.14. The average Bonchev–Trinajstić information content (AvgIpc) is 2.85. The number of ether oxygens (including phenoxy) is 1. The van der Waals surface area contributed by atoms with E-state index < -0.39 is 45.5 Å². The van der Waals surface area contributed by atoms with Gasteiger partial charge in [0.05, 0.1) is 12.1 Å². The molecule has 1 fully saturated rings. The third kappa shape index (κ3) is 3.37. The van der Waals surface area contributed by atoms with Crippen molar-refractivity contribution in [3.63, 3.8) is 0 Å². The lowest BCUT2D eigenvalue weighted by Crippen LogP contribution is -2.30. The van der Waals surface area contributed by atoms with Gasteiger partial charge < -0.3 is 14.4 Å². The van der Waals surface area contributed by atoms with Gasteiger partial charge in [-0.15, -0.1) is 0 Å². The minimum absolute atomic E-state index is 0.0517. The van der Waals surface area contributed by atoms with Crippen molar-refractivity contribution in [2.24, 2.45) is 13.0 Å². The third-order valence-electron chi connectivity index (χ3n) is 4.41. The van der Waals surface area contributed by atoms with E-state index in [2.05, 4.69) is 0 Å². The number of rotatable bonds is 5. The maximum absolute atomic E-state index is 15.2. The van der Waals surface area contributed by atoms with Gasteiger partial charge in [-0.1, -0.05) is 13.8 Å². The minimum atomic E-state index is -4.32. The van der Waals surface area contributed by atoms with E-state index >= 15 is 4.39 Å². The lowest BCUT2D eigenvalue weighted by molar-refractivity contribution is -0.117. The predicted octanol–water partition coefficient (Wildman–Crippen LogP) is 0.989. The molecule has 0 bridgehead atoms. The lowest BCUT2D eigenvalue weighted by atomic mass is 10.1. The van der Waals surface area contributed by atoms with Crippen molar-refractivity contribution in [3.05, 3.63) is 28.3 Å². The van der Waals surface area contributed by atoms with E-state index in [9.17, 15) is 23.1 Å². The van der Waals surface area contributed by atoms with Gasteiger partial charge in [0.25, 0.3) is 11.5 Å². The first kappa shape index (κ1) is 19.9.